The summed E-state index contributed by atoms with van der Waals surface area (Å²) in [7, 11) is 1.66. The van der Waals surface area contributed by atoms with Gasteiger partial charge < -0.3 is 23.7 Å². The Hall–Kier alpha value is -2.90. The molecular formula is C27H32ClN3O4. The molecule has 0 bridgehead atoms. The standard InChI is InChI=1S/C27H32ClN3O4/c1-19-26(22-17-21(33-2)5-6-23(22)31(19)10-3-9-28)27(32)30-14-12-29(13-15-30)11-8-20-4-7-24-25(16-20)35-18-34-24/h4-7,16-17H,3,8-15,18H2,1-2H3. The molecule has 8 heteroatoms. The van der Waals surface area contributed by atoms with Gasteiger partial charge in [-0.25, -0.2) is 0 Å². The van der Waals surface area contributed by atoms with Crippen LogP contribution in [0, 0.1) is 6.92 Å². The molecular weight excluding hydrogens is 466 g/mol. The highest BCUT2D eigenvalue weighted by Gasteiger charge is 2.27. The Bertz CT molecular complexity index is 1220. The first-order valence-corrected chi connectivity index (χ1v) is 12.8. The summed E-state index contributed by atoms with van der Waals surface area (Å²) < 4.78 is 18.6. The van der Waals surface area contributed by atoms with E-state index in [0.717, 1.165) is 91.5 Å². The van der Waals surface area contributed by atoms with E-state index < -0.39 is 0 Å². The maximum atomic E-state index is 13.7. The summed E-state index contributed by atoms with van der Waals surface area (Å²) in [6, 6.07) is 12.1. The molecule has 0 aliphatic carbocycles. The van der Waals surface area contributed by atoms with E-state index in [1.165, 1.54) is 5.56 Å². The van der Waals surface area contributed by atoms with Crippen molar-refractivity contribution in [1.82, 2.24) is 14.4 Å². The molecule has 0 atom stereocenters. The Morgan fingerprint density at radius 2 is 1.83 bits per heavy atom. The Morgan fingerprint density at radius 3 is 2.60 bits per heavy atom. The molecule has 0 unspecified atom stereocenters. The lowest BCUT2D eigenvalue weighted by molar-refractivity contribution is 0.0639. The number of aromatic nitrogens is 1. The molecule has 0 N–H and O–H groups in total. The van der Waals surface area contributed by atoms with Crippen LogP contribution in [0.3, 0.4) is 0 Å². The fraction of sp³-hybridized carbons (Fsp3) is 0.444. The fourth-order valence-corrected chi connectivity index (χ4v) is 5.20. The van der Waals surface area contributed by atoms with Crippen LogP contribution in [-0.2, 0) is 13.0 Å². The molecule has 35 heavy (non-hydrogen) atoms. The summed E-state index contributed by atoms with van der Waals surface area (Å²) in [6.07, 6.45) is 1.80. The zero-order chi connectivity index (χ0) is 24.4. The van der Waals surface area contributed by atoms with E-state index in [0.29, 0.717) is 12.7 Å². The number of alkyl halides is 1. The summed E-state index contributed by atoms with van der Waals surface area (Å²) in [4.78, 5) is 18.1. The van der Waals surface area contributed by atoms with Crippen molar-refractivity contribution in [2.24, 2.45) is 0 Å². The van der Waals surface area contributed by atoms with Crippen LogP contribution < -0.4 is 14.2 Å². The predicted octanol–water partition coefficient (Wildman–Crippen LogP) is 4.32. The Kier molecular flexibility index (Phi) is 7.07. The van der Waals surface area contributed by atoms with Crippen LogP contribution in [0.4, 0.5) is 0 Å². The zero-order valence-corrected chi connectivity index (χ0v) is 21.1. The SMILES string of the molecule is COc1ccc2c(c1)c(C(=O)N1CCN(CCc3ccc4c(c3)OCO4)CC1)c(C)n2CCCCl. The summed E-state index contributed by atoms with van der Waals surface area (Å²) in [6.45, 7) is 7.25. The molecule has 3 aromatic rings. The first kappa shape index (κ1) is 23.8. The molecule has 0 spiro atoms. The zero-order valence-electron chi connectivity index (χ0n) is 20.4. The molecule has 7 nitrogen and oxygen atoms in total. The number of hydrogen-bond donors (Lipinski definition) is 0. The first-order chi connectivity index (χ1) is 17.1. The monoisotopic (exact) mass is 497 g/mol. The van der Waals surface area contributed by atoms with E-state index >= 15 is 0 Å². The van der Waals surface area contributed by atoms with Gasteiger partial charge in [0.2, 0.25) is 6.79 Å². The Morgan fingerprint density at radius 1 is 1.03 bits per heavy atom. The van der Waals surface area contributed by atoms with Gasteiger partial charge in [-0.05, 0) is 55.7 Å². The number of rotatable bonds is 8. The Balaban J connectivity index is 1.26. The van der Waals surface area contributed by atoms with Crippen LogP contribution in [0.1, 0.15) is 28.0 Å². The molecule has 186 valence electrons. The molecule has 1 fully saturated rings. The number of benzene rings is 2. The topological polar surface area (TPSA) is 56.2 Å². The number of piperazine rings is 1. The second-order valence-corrected chi connectivity index (χ2v) is 9.49. The summed E-state index contributed by atoms with van der Waals surface area (Å²) in [5.74, 6) is 3.09. The molecule has 5 rings (SSSR count). The first-order valence-electron chi connectivity index (χ1n) is 12.2. The quantitative estimate of drug-likeness (QED) is 0.434. The van der Waals surface area contributed by atoms with Gasteiger partial charge in [0.1, 0.15) is 5.75 Å². The van der Waals surface area contributed by atoms with Crippen LogP contribution in [0.15, 0.2) is 36.4 Å². The third kappa shape index (κ3) is 4.80. The van der Waals surface area contributed by atoms with Crippen LogP contribution >= 0.6 is 11.6 Å². The highest BCUT2D eigenvalue weighted by Crippen LogP contribution is 2.33. The maximum Gasteiger partial charge on any atom is 0.256 e. The smallest absolute Gasteiger partial charge is 0.256 e. The van der Waals surface area contributed by atoms with Crippen molar-refractivity contribution in [3.63, 3.8) is 0 Å². The molecule has 3 heterocycles. The van der Waals surface area contributed by atoms with E-state index in [1.54, 1.807) is 7.11 Å². The minimum atomic E-state index is 0.0980. The normalized spacial score (nSPS) is 15.7. The fourth-order valence-electron chi connectivity index (χ4n) is 5.08. The molecule has 1 saturated heterocycles. The number of ether oxygens (including phenoxy) is 3. The molecule has 1 aromatic heterocycles. The third-order valence-electron chi connectivity index (χ3n) is 7.07. The number of aryl methyl sites for hydroxylation is 1. The molecule has 0 saturated carbocycles. The minimum Gasteiger partial charge on any atom is -0.497 e. The van der Waals surface area contributed by atoms with Gasteiger partial charge in [-0.15, -0.1) is 11.6 Å². The highest BCUT2D eigenvalue weighted by molar-refractivity contribution is 6.17. The van der Waals surface area contributed by atoms with E-state index in [-0.39, 0.29) is 5.91 Å². The number of carbonyl (C=O) groups excluding carboxylic acids is 1. The lowest BCUT2D eigenvalue weighted by Gasteiger charge is -2.35. The molecule has 2 aliphatic rings. The lowest BCUT2D eigenvalue weighted by atomic mass is 10.1. The van der Waals surface area contributed by atoms with Gasteiger partial charge >= 0.3 is 0 Å². The van der Waals surface area contributed by atoms with Gasteiger partial charge in [0.15, 0.2) is 11.5 Å². The summed E-state index contributed by atoms with van der Waals surface area (Å²) in [5.41, 5.74) is 4.07. The van der Waals surface area contributed by atoms with Crippen LogP contribution in [-0.4, -0.2) is 72.8 Å². The van der Waals surface area contributed by atoms with Crippen LogP contribution in [0.5, 0.6) is 17.2 Å². The van der Waals surface area contributed by atoms with Crippen molar-refractivity contribution >= 4 is 28.4 Å². The number of carbonyl (C=O) groups is 1. The van der Waals surface area contributed by atoms with E-state index in [2.05, 4.69) is 21.6 Å². The van der Waals surface area contributed by atoms with Gasteiger partial charge in [0.05, 0.1) is 12.7 Å². The summed E-state index contributed by atoms with van der Waals surface area (Å²) in [5, 5.41) is 0.951. The van der Waals surface area contributed by atoms with Crippen molar-refractivity contribution in [3.05, 3.63) is 53.2 Å². The van der Waals surface area contributed by atoms with E-state index in [9.17, 15) is 4.79 Å². The van der Waals surface area contributed by atoms with Crippen molar-refractivity contribution < 1.29 is 19.0 Å². The van der Waals surface area contributed by atoms with Gasteiger partial charge in [-0.3, -0.25) is 9.69 Å². The molecule has 0 radical (unpaired) electrons. The second-order valence-electron chi connectivity index (χ2n) is 9.11. The number of amides is 1. The van der Waals surface area contributed by atoms with Crippen LogP contribution in [0.2, 0.25) is 0 Å². The van der Waals surface area contributed by atoms with E-state index in [4.69, 9.17) is 25.8 Å². The molecule has 1 amide bonds. The molecule has 2 aliphatic heterocycles. The number of halogens is 1. The molecule has 2 aromatic carbocycles. The number of fused-ring (bicyclic) bond motifs is 2. The van der Waals surface area contributed by atoms with Crippen molar-refractivity contribution in [2.45, 2.75) is 26.3 Å². The van der Waals surface area contributed by atoms with Crippen LogP contribution in [0.25, 0.3) is 10.9 Å². The number of hydrogen-bond acceptors (Lipinski definition) is 5. The number of nitrogens with zero attached hydrogens (tertiary/aromatic N) is 3. The minimum absolute atomic E-state index is 0.0980. The average Bonchev–Trinajstić information content (AvgIpc) is 3.47. The second kappa shape index (κ2) is 10.4. The largest absolute Gasteiger partial charge is 0.497 e. The predicted molar refractivity (Wildman–Crippen MR) is 137 cm³/mol. The van der Waals surface area contributed by atoms with Gasteiger partial charge in [0, 0.05) is 61.7 Å². The van der Waals surface area contributed by atoms with Gasteiger partial charge in [-0.1, -0.05) is 6.07 Å². The van der Waals surface area contributed by atoms with Gasteiger partial charge in [-0.2, -0.15) is 0 Å². The van der Waals surface area contributed by atoms with E-state index in [1.807, 2.05) is 36.1 Å². The lowest BCUT2D eigenvalue weighted by Crippen LogP contribution is -2.49. The number of methoxy groups -OCH3 is 1. The van der Waals surface area contributed by atoms with Crippen molar-refractivity contribution in [2.75, 3.05) is 52.5 Å². The van der Waals surface area contributed by atoms with Crippen molar-refractivity contribution in [1.29, 1.82) is 0 Å². The summed E-state index contributed by atoms with van der Waals surface area (Å²) >= 11 is 5.97. The maximum absolute atomic E-state index is 13.7. The third-order valence-corrected chi connectivity index (χ3v) is 7.34. The highest BCUT2D eigenvalue weighted by atomic mass is 35.5. The van der Waals surface area contributed by atoms with Gasteiger partial charge in [0.25, 0.3) is 5.91 Å². The average molecular weight is 498 g/mol. The van der Waals surface area contributed by atoms with Crippen molar-refractivity contribution in [3.8, 4) is 17.2 Å². The Labute approximate surface area is 211 Å².